The number of unbranched alkanes of at least 4 members (excludes halogenated alkanes) is 12. The van der Waals surface area contributed by atoms with Crippen molar-refractivity contribution in [3.63, 3.8) is 0 Å². The zero-order valence-corrected chi connectivity index (χ0v) is 14.6. The first kappa shape index (κ1) is 19.1. The van der Waals surface area contributed by atoms with Gasteiger partial charge in [-0.05, 0) is 36.6 Å². The van der Waals surface area contributed by atoms with Crippen LogP contribution in [0.1, 0.15) is 96.0 Å². The van der Waals surface area contributed by atoms with Gasteiger partial charge in [0.25, 0.3) is 0 Å². The molecule has 22 heavy (non-hydrogen) atoms. The van der Waals surface area contributed by atoms with E-state index in [0.717, 1.165) is 12.0 Å². The summed E-state index contributed by atoms with van der Waals surface area (Å²) in [5.41, 5.74) is 1.05. The summed E-state index contributed by atoms with van der Waals surface area (Å²) >= 11 is 0. The van der Waals surface area contributed by atoms with Gasteiger partial charge in [-0.1, -0.05) is 90.0 Å². The summed E-state index contributed by atoms with van der Waals surface area (Å²) in [6.45, 7) is 2.28. The molecule has 1 nitrogen and oxygen atoms in total. The van der Waals surface area contributed by atoms with Crippen LogP contribution >= 0.6 is 0 Å². The van der Waals surface area contributed by atoms with E-state index in [1.54, 1.807) is 12.1 Å². The standard InChI is InChI=1S/C21H35O/c1-2-3-4-5-6-7-8-9-10-11-12-13-14-17-20-18-15-16-19-21(20)22/h16,18-19,22H,2-14,17H2,1H3. The van der Waals surface area contributed by atoms with E-state index < -0.39 is 0 Å². The molecule has 1 aromatic rings. The van der Waals surface area contributed by atoms with Gasteiger partial charge in [-0.25, -0.2) is 0 Å². The highest BCUT2D eigenvalue weighted by molar-refractivity contribution is 5.31. The van der Waals surface area contributed by atoms with Crippen LogP contribution < -0.4 is 0 Å². The molecule has 0 fully saturated rings. The molecule has 0 saturated carbocycles. The molecule has 1 aromatic carbocycles. The van der Waals surface area contributed by atoms with Gasteiger partial charge in [0.2, 0.25) is 0 Å². The highest BCUT2D eigenvalue weighted by Crippen LogP contribution is 2.19. The minimum Gasteiger partial charge on any atom is -0.508 e. The lowest BCUT2D eigenvalue weighted by atomic mass is 10.0. The third kappa shape index (κ3) is 9.87. The summed E-state index contributed by atoms with van der Waals surface area (Å²) in [5, 5.41) is 9.68. The maximum atomic E-state index is 9.68. The Morgan fingerprint density at radius 2 is 1.27 bits per heavy atom. The van der Waals surface area contributed by atoms with Crippen LogP contribution in [0.4, 0.5) is 0 Å². The number of aryl methyl sites for hydroxylation is 1. The molecular formula is C21H35O. The van der Waals surface area contributed by atoms with Crippen LogP contribution in [0.3, 0.4) is 0 Å². The first-order chi connectivity index (χ1) is 10.8. The molecule has 125 valence electrons. The Bertz CT molecular complexity index is 359. The van der Waals surface area contributed by atoms with E-state index in [4.69, 9.17) is 0 Å². The molecule has 0 unspecified atom stereocenters. The molecule has 0 aliphatic carbocycles. The van der Waals surface area contributed by atoms with Gasteiger partial charge in [0.15, 0.2) is 0 Å². The van der Waals surface area contributed by atoms with Gasteiger partial charge < -0.3 is 5.11 Å². The van der Waals surface area contributed by atoms with E-state index in [2.05, 4.69) is 13.0 Å². The highest BCUT2D eigenvalue weighted by Gasteiger charge is 1.99. The molecule has 1 rings (SSSR count). The number of phenolic OH excluding ortho intramolecular Hbond substituents is 1. The minimum absolute atomic E-state index is 0.428. The van der Waals surface area contributed by atoms with Gasteiger partial charge in [-0.2, -0.15) is 0 Å². The van der Waals surface area contributed by atoms with Crippen molar-refractivity contribution in [2.75, 3.05) is 0 Å². The fraction of sp³-hybridized carbons (Fsp3) is 0.714. The Morgan fingerprint density at radius 3 is 1.77 bits per heavy atom. The molecule has 0 aliphatic heterocycles. The minimum atomic E-state index is 0.428. The van der Waals surface area contributed by atoms with Crippen LogP contribution in [0.2, 0.25) is 0 Å². The number of aromatic hydroxyl groups is 1. The smallest absolute Gasteiger partial charge is 0.118 e. The first-order valence-corrected chi connectivity index (χ1v) is 9.52. The molecular weight excluding hydrogens is 268 g/mol. The fourth-order valence-corrected chi connectivity index (χ4v) is 2.99. The van der Waals surface area contributed by atoms with Crippen LogP contribution in [-0.4, -0.2) is 5.11 Å². The van der Waals surface area contributed by atoms with Crippen LogP contribution in [0, 0.1) is 6.07 Å². The Balaban J connectivity index is 1.81. The van der Waals surface area contributed by atoms with Gasteiger partial charge in [0, 0.05) is 0 Å². The quantitative estimate of drug-likeness (QED) is 0.374. The van der Waals surface area contributed by atoms with Crippen molar-refractivity contribution in [3.05, 3.63) is 29.8 Å². The predicted octanol–water partition coefficient (Wildman–Crippen LogP) is 6.83. The van der Waals surface area contributed by atoms with Crippen molar-refractivity contribution in [3.8, 4) is 5.75 Å². The highest BCUT2D eigenvalue weighted by atomic mass is 16.3. The van der Waals surface area contributed by atoms with E-state index in [9.17, 15) is 5.11 Å². The van der Waals surface area contributed by atoms with Crippen molar-refractivity contribution in [1.29, 1.82) is 0 Å². The Kier molecular flexibility index (Phi) is 11.8. The van der Waals surface area contributed by atoms with Crippen LogP contribution in [0.25, 0.3) is 0 Å². The maximum absolute atomic E-state index is 9.68. The normalized spacial score (nSPS) is 11.0. The zero-order valence-electron chi connectivity index (χ0n) is 14.6. The van der Waals surface area contributed by atoms with Crippen LogP contribution in [-0.2, 0) is 6.42 Å². The second kappa shape index (κ2) is 13.7. The van der Waals surface area contributed by atoms with Crippen molar-refractivity contribution >= 4 is 0 Å². The summed E-state index contributed by atoms with van der Waals surface area (Å²) in [5.74, 6) is 0.428. The molecule has 1 N–H and O–H groups in total. The van der Waals surface area contributed by atoms with Gasteiger partial charge in [0.05, 0.1) is 0 Å². The summed E-state index contributed by atoms with van der Waals surface area (Å²) < 4.78 is 0. The second-order valence-corrected chi connectivity index (χ2v) is 6.55. The van der Waals surface area contributed by atoms with E-state index in [1.807, 2.05) is 6.07 Å². The molecule has 0 atom stereocenters. The predicted molar refractivity (Wildman–Crippen MR) is 96.3 cm³/mol. The van der Waals surface area contributed by atoms with Crippen molar-refractivity contribution in [1.82, 2.24) is 0 Å². The van der Waals surface area contributed by atoms with Crippen molar-refractivity contribution in [2.24, 2.45) is 0 Å². The summed E-state index contributed by atoms with van der Waals surface area (Å²) in [7, 11) is 0. The van der Waals surface area contributed by atoms with E-state index >= 15 is 0 Å². The molecule has 0 saturated heterocycles. The molecule has 0 spiro atoms. The first-order valence-electron chi connectivity index (χ1n) is 9.52. The summed E-state index contributed by atoms with van der Waals surface area (Å²) in [6, 6.07) is 8.45. The molecule has 0 bridgehead atoms. The van der Waals surface area contributed by atoms with Gasteiger partial charge >= 0.3 is 0 Å². The van der Waals surface area contributed by atoms with Gasteiger partial charge in [-0.15, -0.1) is 0 Å². The van der Waals surface area contributed by atoms with E-state index in [-0.39, 0.29) is 0 Å². The molecule has 0 aliphatic rings. The second-order valence-electron chi connectivity index (χ2n) is 6.55. The number of hydrogen-bond donors (Lipinski definition) is 1. The van der Waals surface area contributed by atoms with Crippen molar-refractivity contribution in [2.45, 2.75) is 96.8 Å². The fourth-order valence-electron chi connectivity index (χ4n) is 2.99. The molecule has 1 heteroatoms. The van der Waals surface area contributed by atoms with E-state index in [0.29, 0.717) is 5.75 Å². The number of phenols is 1. The average Bonchev–Trinajstić information content (AvgIpc) is 2.53. The SMILES string of the molecule is CCCCCCCCCCCCCCCc1c[c]ccc1O. The molecule has 0 heterocycles. The number of rotatable bonds is 14. The topological polar surface area (TPSA) is 20.2 Å². The lowest BCUT2D eigenvalue weighted by Gasteiger charge is -2.04. The molecule has 0 amide bonds. The Labute approximate surface area is 138 Å². The van der Waals surface area contributed by atoms with Crippen molar-refractivity contribution < 1.29 is 5.11 Å². The number of hydrogen-bond acceptors (Lipinski definition) is 1. The Morgan fingerprint density at radius 1 is 0.773 bits per heavy atom. The summed E-state index contributed by atoms with van der Waals surface area (Å²) in [4.78, 5) is 0. The molecule has 1 radical (unpaired) electrons. The lowest BCUT2D eigenvalue weighted by molar-refractivity contribution is 0.465. The number of benzene rings is 1. The third-order valence-electron chi connectivity index (χ3n) is 4.47. The Hall–Kier alpha value is -0.980. The van der Waals surface area contributed by atoms with Gasteiger partial charge in [-0.3, -0.25) is 0 Å². The summed E-state index contributed by atoms with van der Waals surface area (Å²) in [6.07, 6.45) is 18.9. The third-order valence-corrected chi connectivity index (χ3v) is 4.47. The average molecular weight is 304 g/mol. The van der Waals surface area contributed by atoms with Crippen LogP contribution in [0.5, 0.6) is 5.75 Å². The van der Waals surface area contributed by atoms with Gasteiger partial charge in [0.1, 0.15) is 5.75 Å². The van der Waals surface area contributed by atoms with E-state index in [1.165, 1.54) is 83.5 Å². The zero-order chi connectivity index (χ0) is 15.9. The van der Waals surface area contributed by atoms with Crippen LogP contribution in [0.15, 0.2) is 18.2 Å². The monoisotopic (exact) mass is 303 g/mol. The molecule has 0 aromatic heterocycles. The lowest BCUT2D eigenvalue weighted by Crippen LogP contribution is -1.87. The largest absolute Gasteiger partial charge is 0.508 e. The maximum Gasteiger partial charge on any atom is 0.118 e.